The predicted octanol–water partition coefficient (Wildman–Crippen LogP) is 1.26. The molecule has 2 rings (SSSR count). The highest BCUT2D eigenvalue weighted by atomic mass is 35.5. The smallest absolute Gasteiger partial charge is 0.161 e. The Labute approximate surface area is 101 Å². The van der Waals surface area contributed by atoms with E-state index in [0.29, 0.717) is 19.0 Å². The molecule has 0 fully saturated rings. The van der Waals surface area contributed by atoms with Gasteiger partial charge in [-0.25, -0.2) is 0 Å². The quantitative estimate of drug-likeness (QED) is 0.824. The normalized spacial score (nSPS) is 17.2. The number of rotatable bonds is 2. The van der Waals surface area contributed by atoms with Gasteiger partial charge in [-0.1, -0.05) is 6.07 Å². The summed E-state index contributed by atoms with van der Waals surface area (Å²) in [4.78, 5) is 0. The van der Waals surface area contributed by atoms with E-state index in [1.165, 1.54) is 0 Å². The van der Waals surface area contributed by atoms with E-state index in [1.807, 2.05) is 6.07 Å². The number of fused-ring (bicyclic) bond motifs is 1. The largest absolute Gasteiger partial charge is 0.486 e. The average molecular weight is 246 g/mol. The van der Waals surface area contributed by atoms with E-state index in [4.69, 9.17) is 15.2 Å². The van der Waals surface area contributed by atoms with Gasteiger partial charge in [0.05, 0.1) is 6.10 Å². The summed E-state index contributed by atoms with van der Waals surface area (Å²) in [7, 11) is 0. The molecule has 0 saturated carbocycles. The van der Waals surface area contributed by atoms with Gasteiger partial charge in [-0.2, -0.15) is 0 Å². The minimum Gasteiger partial charge on any atom is -0.486 e. The molecule has 0 bridgehead atoms. The maximum absolute atomic E-state index is 9.78. The molecule has 0 saturated heterocycles. The minimum atomic E-state index is -0.666. The van der Waals surface area contributed by atoms with E-state index >= 15 is 0 Å². The average Bonchev–Trinajstić information content (AvgIpc) is 2.27. The third-order valence-electron chi connectivity index (χ3n) is 2.41. The Morgan fingerprint density at radius 1 is 1.25 bits per heavy atom. The molecule has 90 valence electrons. The summed E-state index contributed by atoms with van der Waals surface area (Å²) < 4.78 is 10.8. The van der Waals surface area contributed by atoms with Gasteiger partial charge in [0.2, 0.25) is 0 Å². The van der Waals surface area contributed by atoms with Crippen molar-refractivity contribution in [2.45, 2.75) is 19.1 Å². The lowest BCUT2D eigenvalue weighted by molar-refractivity contribution is 0.149. The van der Waals surface area contributed by atoms with Crippen LogP contribution in [0.3, 0.4) is 0 Å². The number of hydrogen-bond acceptors (Lipinski definition) is 4. The second-order valence-electron chi connectivity index (χ2n) is 3.71. The monoisotopic (exact) mass is 245 g/mol. The van der Waals surface area contributed by atoms with Crippen molar-refractivity contribution in [2.75, 3.05) is 13.2 Å². The Bertz CT molecular complexity index is 357. The van der Waals surface area contributed by atoms with Gasteiger partial charge in [0.15, 0.2) is 11.5 Å². The first kappa shape index (κ1) is 13.1. The number of aliphatic hydroxyl groups is 1. The van der Waals surface area contributed by atoms with Crippen LogP contribution in [-0.2, 0) is 0 Å². The zero-order valence-electron chi connectivity index (χ0n) is 9.05. The van der Waals surface area contributed by atoms with Crippen LogP contribution in [0.1, 0.15) is 18.6 Å². The zero-order chi connectivity index (χ0) is 10.8. The fourth-order valence-electron chi connectivity index (χ4n) is 1.55. The van der Waals surface area contributed by atoms with E-state index in [9.17, 15) is 5.11 Å². The molecule has 0 spiro atoms. The molecular formula is C11H16ClNO3. The SMILES string of the molecule is C[C@@H](N)[C@H](O)c1ccc2c(c1)OCCO2.Cl. The fraction of sp³-hybridized carbons (Fsp3) is 0.455. The molecule has 2 atom stereocenters. The van der Waals surface area contributed by atoms with Crippen molar-refractivity contribution in [3.63, 3.8) is 0 Å². The Morgan fingerprint density at radius 2 is 1.88 bits per heavy atom. The first-order chi connectivity index (χ1) is 7.18. The van der Waals surface area contributed by atoms with Gasteiger partial charge in [-0.3, -0.25) is 0 Å². The van der Waals surface area contributed by atoms with Crippen molar-refractivity contribution in [1.29, 1.82) is 0 Å². The predicted molar refractivity (Wildman–Crippen MR) is 63.3 cm³/mol. The number of hydrogen-bond donors (Lipinski definition) is 2. The molecule has 1 aromatic carbocycles. The van der Waals surface area contributed by atoms with Crippen LogP contribution in [-0.4, -0.2) is 24.4 Å². The Balaban J connectivity index is 0.00000128. The summed E-state index contributed by atoms with van der Waals surface area (Å²) in [5, 5.41) is 9.78. The first-order valence-corrected chi connectivity index (χ1v) is 5.01. The topological polar surface area (TPSA) is 64.7 Å². The maximum Gasteiger partial charge on any atom is 0.161 e. The number of ether oxygens (including phenoxy) is 2. The van der Waals surface area contributed by atoms with Crippen molar-refractivity contribution >= 4 is 12.4 Å². The van der Waals surface area contributed by atoms with Crippen molar-refractivity contribution in [3.8, 4) is 11.5 Å². The summed E-state index contributed by atoms with van der Waals surface area (Å²) in [6.45, 7) is 2.88. The number of benzene rings is 1. The number of aliphatic hydroxyl groups excluding tert-OH is 1. The van der Waals surface area contributed by atoms with E-state index in [-0.39, 0.29) is 18.4 Å². The summed E-state index contributed by atoms with van der Waals surface area (Å²) in [6, 6.07) is 5.09. The lowest BCUT2D eigenvalue weighted by Crippen LogP contribution is -2.24. The molecule has 1 heterocycles. The fourth-order valence-corrected chi connectivity index (χ4v) is 1.55. The number of nitrogens with two attached hydrogens (primary N) is 1. The molecular weight excluding hydrogens is 230 g/mol. The van der Waals surface area contributed by atoms with Gasteiger partial charge in [0.25, 0.3) is 0 Å². The minimum absolute atomic E-state index is 0. The standard InChI is InChI=1S/C11H15NO3.ClH/c1-7(12)11(13)8-2-3-9-10(6-8)15-5-4-14-9;/h2-3,6-7,11,13H,4-5,12H2,1H3;1H/t7-,11+;/m1./s1. The third-order valence-corrected chi connectivity index (χ3v) is 2.41. The van der Waals surface area contributed by atoms with Crippen LogP contribution in [0, 0.1) is 0 Å². The first-order valence-electron chi connectivity index (χ1n) is 5.01. The molecule has 1 aliphatic rings. The van der Waals surface area contributed by atoms with Gasteiger partial charge >= 0.3 is 0 Å². The molecule has 0 aliphatic carbocycles. The Morgan fingerprint density at radius 3 is 2.50 bits per heavy atom. The Hall–Kier alpha value is -0.970. The van der Waals surface area contributed by atoms with Crippen molar-refractivity contribution < 1.29 is 14.6 Å². The summed E-state index contributed by atoms with van der Waals surface area (Å²) in [5.41, 5.74) is 6.38. The van der Waals surface area contributed by atoms with Gasteiger partial charge < -0.3 is 20.3 Å². The van der Waals surface area contributed by atoms with E-state index in [1.54, 1.807) is 19.1 Å². The third kappa shape index (κ3) is 2.58. The van der Waals surface area contributed by atoms with Crippen molar-refractivity contribution in [1.82, 2.24) is 0 Å². The highest BCUT2D eigenvalue weighted by Gasteiger charge is 2.17. The van der Waals surface area contributed by atoms with E-state index < -0.39 is 6.10 Å². The molecule has 3 N–H and O–H groups in total. The van der Waals surface area contributed by atoms with Crippen LogP contribution < -0.4 is 15.2 Å². The molecule has 5 heteroatoms. The number of halogens is 1. The summed E-state index contributed by atoms with van der Waals surface area (Å²) in [5.74, 6) is 1.40. The maximum atomic E-state index is 9.78. The second-order valence-corrected chi connectivity index (χ2v) is 3.71. The highest BCUT2D eigenvalue weighted by molar-refractivity contribution is 5.85. The molecule has 16 heavy (non-hydrogen) atoms. The molecule has 0 radical (unpaired) electrons. The van der Waals surface area contributed by atoms with Crippen LogP contribution in [0.15, 0.2) is 18.2 Å². The van der Waals surface area contributed by atoms with Gasteiger partial charge in [0.1, 0.15) is 13.2 Å². The van der Waals surface area contributed by atoms with Crippen LogP contribution in [0.2, 0.25) is 0 Å². The van der Waals surface area contributed by atoms with E-state index in [2.05, 4.69) is 0 Å². The molecule has 4 nitrogen and oxygen atoms in total. The molecule has 1 aromatic rings. The van der Waals surface area contributed by atoms with E-state index in [0.717, 1.165) is 11.3 Å². The summed E-state index contributed by atoms with van der Waals surface area (Å²) in [6.07, 6.45) is -0.666. The van der Waals surface area contributed by atoms with Crippen molar-refractivity contribution in [3.05, 3.63) is 23.8 Å². The van der Waals surface area contributed by atoms with Crippen LogP contribution in [0.5, 0.6) is 11.5 Å². The van der Waals surface area contributed by atoms with Crippen LogP contribution in [0.4, 0.5) is 0 Å². The summed E-state index contributed by atoms with van der Waals surface area (Å²) >= 11 is 0. The van der Waals surface area contributed by atoms with Crippen molar-refractivity contribution in [2.24, 2.45) is 5.73 Å². The van der Waals surface area contributed by atoms with Gasteiger partial charge in [-0.05, 0) is 24.6 Å². The highest BCUT2D eigenvalue weighted by Crippen LogP contribution is 2.32. The molecule has 1 aliphatic heterocycles. The lowest BCUT2D eigenvalue weighted by atomic mass is 10.0. The molecule has 0 unspecified atom stereocenters. The van der Waals surface area contributed by atoms with Crippen LogP contribution in [0.25, 0.3) is 0 Å². The Kier molecular flexibility index (Phi) is 4.41. The molecule has 0 aromatic heterocycles. The lowest BCUT2D eigenvalue weighted by Gasteiger charge is -2.21. The molecule has 0 amide bonds. The van der Waals surface area contributed by atoms with Crippen LogP contribution >= 0.6 is 12.4 Å². The second kappa shape index (κ2) is 5.39. The zero-order valence-corrected chi connectivity index (χ0v) is 9.87. The van der Waals surface area contributed by atoms with Gasteiger partial charge in [0, 0.05) is 6.04 Å². The van der Waals surface area contributed by atoms with Gasteiger partial charge in [-0.15, -0.1) is 12.4 Å².